The molecule has 5 heteroatoms. The zero-order valence-electron chi connectivity index (χ0n) is 10.7. The lowest BCUT2D eigenvalue weighted by Crippen LogP contribution is -2.46. The fourth-order valence-corrected chi connectivity index (χ4v) is 2.22. The van der Waals surface area contributed by atoms with Gasteiger partial charge in [-0.2, -0.15) is 0 Å². The fraction of sp³-hybridized carbons (Fsp3) is 0.917. The maximum Gasteiger partial charge on any atom is 0.252 e. The Kier molecular flexibility index (Phi) is 3.43. The van der Waals surface area contributed by atoms with Crippen LogP contribution in [0.3, 0.4) is 0 Å². The third-order valence-electron chi connectivity index (χ3n) is 3.26. The predicted molar refractivity (Wildman–Crippen MR) is 61.5 cm³/mol. The van der Waals surface area contributed by atoms with E-state index in [4.69, 9.17) is 14.2 Å². The molecule has 2 rings (SSSR count). The third-order valence-corrected chi connectivity index (χ3v) is 3.26. The molecular formula is C12H21NO4. The summed E-state index contributed by atoms with van der Waals surface area (Å²) >= 11 is 0. The number of ether oxygens (including phenoxy) is 3. The Hall–Kier alpha value is -0.650. The Morgan fingerprint density at radius 2 is 2.12 bits per heavy atom. The van der Waals surface area contributed by atoms with E-state index in [1.54, 1.807) is 0 Å². The second-order valence-electron chi connectivity index (χ2n) is 5.34. The van der Waals surface area contributed by atoms with Crippen molar-refractivity contribution in [3.05, 3.63) is 0 Å². The van der Waals surface area contributed by atoms with Crippen molar-refractivity contribution in [1.29, 1.82) is 0 Å². The minimum Gasteiger partial charge on any atom is -0.365 e. The highest BCUT2D eigenvalue weighted by molar-refractivity contribution is 5.85. The van der Waals surface area contributed by atoms with Gasteiger partial charge in [0.1, 0.15) is 11.7 Å². The van der Waals surface area contributed by atoms with Crippen molar-refractivity contribution in [2.24, 2.45) is 0 Å². The van der Waals surface area contributed by atoms with Gasteiger partial charge in [0.15, 0.2) is 5.79 Å². The first kappa shape index (κ1) is 12.8. The van der Waals surface area contributed by atoms with Gasteiger partial charge in [-0.15, -0.1) is 0 Å². The number of carbonyl (C=O) groups is 1. The van der Waals surface area contributed by atoms with Crippen LogP contribution in [0, 0.1) is 0 Å². The average Bonchev–Trinajstić information content (AvgIpc) is 2.82. The fourth-order valence-electron chi connectivity index (χ4n) is 2.22. The van der Waals surface area contributed by atoms with Crippen molar-refractivity contribution in [3.8, 4) is 0 Å². The van der Waals surface area contributed by atoms with Crippen molar-refractivity contribution in [2.45, 2.75) is 51.1 Å². The van der Waals surface area contributed by atoms with Crippen LogP contribution in [0.1, 0.15) is 33.6 Å². The SMILES string of the molecule is CC1(C)OCC(CNC(=O)C2(C)CCCO2)O1. The topological polar surface area (TPSA) is 56.8 Å². The minimum absolute atomic E-state index is 0.0525. The minimum atomic E-state index is -0.658. The van der Waals surface area contributed by atoms with E-state index in [0.29, 0.717) is 19.8 Å². The van der Waals surface area contributed by atoms with Crippen molar-refractivity contribution >= 4 is 5.91 Å². The van der Waals surface area contributed by atoms with Crippen LogP contribution >= 0.6 is 0 Å². The van der Waals surface area contributed by atoms with E-state index in [1.165, 1.54) is 0 Å². The van der Waals surface area contributed by atoms with Gasteiger partial charge in [0, 0.05) is 13.2 Å². The van der Waals surface area contributed by atoms with Crippen LogP contribution in [0.4, 0.5) is 0 Å². The van der Waals surface area contributed by atoms with E-state index in [0.717, 1.165) is 12.8 Å². The quantitative estimate of drug-likeness (QED) is 0.797. The van der Waals surface area contributed by atoms with E-state index in [2.05, 4.69) is 5.32 Å². The largest absolute Gasteiger partial charge is 0.365 e. The first-order valence-corrected chi connectivity index (χ1v) is 6.15. The van der Waals surface area contributed by atoms with Crippen LogP contribution in [0.5, 0.6) is 0 Å². The summed E-state index contributed by atoms with van der Waals surface area (Å²) in [6, 6.07) is 0. The van der Waals surface area contributed by atoms with Crippen LogP contribution in [-0.4, -0.2) is 43.2 Å². The molecule has 1 N–H and O–H groups in total. The molecule has 2 fully saturated rings. The molecule has 1 amide bonds. The lowest BCUT2D eigenvalue weighted by Gasteiger charge is -2.23. The Labute approximate surface area is 102 Å². The van der Waals surface area contributed by atoms with E-state index >= 15 is 0 Å². The molecule has 2 atom stereocenters. The van der Waals surface area contributed by atoms with Crippen LogP contribution in [0.25, 0.3) is 0 Å². The summed E-state index contributed by atoms with van der Waals surface area (Å²) in [5.74, 6) is -0.591. The summed E-state index contributed by atoms with van der Waals surface area (Å²) in [6.45, 7) is 7.24. The molecule has 0 bridgehead atoms. The lowest BCUT2D eigenvalue weighted by atomic mass is 10.0. The van der Waals surface area contributed by atoms with Gasteiger partial charge in [0.25, 0.3) is 5.91 Å². The van der Waals surface area contributed by atoms with E-state index in [1.807, 2.05) is 20.8 Å². The number of rotatable bonds is 3. The average molecular weight is 243 g/mol. The van der Waals surface area contributed by atoms with Crippen molar-refractivity contribution in [3.63, 3.8) is 0 Å². The smallest absolute Gasteiger partial charge is 0.252 e. The van der Waals surface area contributed by atoms with E-state index in [9.17, 15) is 4.79 Å². The summed E-state index contributed by atoms with van der Waals surface area (Å²) in [6.07, 6.45) is 1.66. The maximum atomic E-state index is 12.0. The van der Waals surface area contributed by atoms with Gasteiger partial charge in [-0.05, 0) is 33.6 Å². The van der Waals surface area contributed by atoms with Gasteiger partial charge in [-0.1, -0.05) is 0 Å². The molecule has 0 aliphatic carbocycles. The molecule has 0 aromatic rings. The number of amides is 1. The first-order valence-electron chi connectivity index (χ1n) is 6.15. The van der Waals surface area contributed by atoms with Crippen molar-refractivity contribution < 1.29 is 19.0 Å². The second kappa shape index (κ2) is 4.55. The zero-order chi connectivity index (χ0) is 12.5. The molecule has 0 aromatic heterocycles. The van der Waals surface area contributed by atoms with Crippen LogP contribution in [0.2, 0.25) is 0 Å². The molecule has 5 nitrogen and oxygen atoms in total. The van der Waals surface area contributed by atoms with Crippen molar-refractivity contribution in [2.75, 3.05) is 19.8 Å². The van der Waals surface area contributed by atoms with Gasteiger partial charge in [-0.25, -0.2) is 0 Å². The van der Waals surface area contributed by atoms with Crippen LogP contribution in [0.15, 0.2) is 0 Å². The molecule has 17 heavy (non-hydrogen) atoms. The molecule has 2 aliphatic rings. The van der Waals surface area contributed by atoms with Gasteiger partial charge < -0.3 is 19.5 Å². The monoisotopic (exact) mass is 243 g/mol. The highest BCUT2D eigenvalue weighted by Crippen LogP contribution is 2.25. The highest BCUT2D eigenvalue weighted by atomic mass is 16.7. The summed E-state index contributed by atoms with van der Waals surface area (Å²) in [5.41, 5.74) is -0.658. The Morgan fingerprint density at radius 1 is 1.35 bits per heavy atom. The summed E-state index contributed by atoms with van der Waals surface area (Å²) in [5, 5.41) is 2.88. The number of carbonyl (C=O) groups excluding carboxylic acids is 1. The maximum absolute atomic E-state index is 12.0. The zero-order valence-corrected chi connectivity index (χ0v) is 10.7. The van der Waals surface area contributed by atoms with E-state index in [-0.39, 0.29) is 12.0 Å². The molecule has 0 spiro atoms. The molecule has 2 aliphatic heterocycles. The number of hydrogen-bond donors (Lipinski definition) is 1. The predicted octanol–water partition coefficient (Wildman–Crippen LogP) is 0.823. The molecule has 98 valence electrons. The molecule has 0 saturated carbocycles. The van der Waals surface area contributed by atoms with Gasteiger partial charge in [0.05, 0.1) is 6.61 Å². The number of hydrogen-bond acceptors (Lipinski definition) is 4. The van der Waals surface area contributed by atoms with Crippen molar-refractivity contribution in [1.82, 2.24) is 5.32 Å². The Balaban J connectivity index is 1.77. The standard InChI is InChI=1S/C12H21NO4/c1-11(2)16-8-9(17-11)7-13-10(14)12(3)5-4-6-15-12/h9H,4-8H2,1-3H3,(H,13,14). The van der Waals surface area contributed by atoms with E-state index < -0.39 is 11.4 Å². The number of nitrogens with one attached hydrogen (secondary N) is 1. The lowest BCUT2D eigenvalue weighted by molar-refractivity contribution is -0.145. The molecule has 2 saturated heterocycles. The first-order chi connectivity index (χ1) is 7.91. The summed E-state index contributed by atoms with van der Waals surface area (Å²) in [4.78, 5) is 12.0. The molecule has 2 heterocycles. The Morgan fingerprint density at radius 3 is 2.65 bits per heavy atom. The molecule has 2 unspecified atom stereocenters. The second-order valence-corrected chi connectivity index (χ2v) is 5.34. The summed E-state index contributed by atoms with van der Waals surface area (Å²) < 4.78 is 16.5. The summed E-state index contributed by atoms with van der Waals surface area (Å²) in [7, 11) is 0. The van der Waals surface area contributed by atoms with Gasteiger partial charge in [0.2, 0.25) is 0 Å². The molecule has 0 aromatic carbocycles. The Bertz CT molecular complexity index is 297. The normalized spacial score (nSPS) is 36.1. The van der Waals surface area contributed by atoms with Crippen LogP contribution < -0.4 is 5.32 Å². The van der Waals surface area contributed by atoms with Gasteiger partial charge in [-0.3, -0.25) is 4.79 Å². The third kappa shape index (κ3) is 2.97. The van der Waals surface area contributed by atoms with Gasteiger partial charge >= 0.3 is 0 Å². The van der Waals surface area contributed by atoms with Crippen LogP contribution in [-0.2, 0) is 19.0 Å². The highest BCUT2D eigenvalue weighted by Gasteiger charge is 2.39. The molecule has 0 radical (unpaired) electrons. The molecular weight excluding hydrogens is 222 g/mol.